The molecule has 0 radical (unpaired) electrons. The van der Waals surface area contributed by atoms with Gasteiger partial charge in [0.15, 0.2) is 0 Å². The van der Waals surface area contributed by atoms with Gasteiger partial charge in [0.1, 0.15) is 0 Å². The van der Waals surface area contributed by atoms with E-state index in [2.05, 4.69) is 81.4 Å². The van der Waals surface area contributed by atoms with Crippen molar-refractivity contribution in [2.45, 2.75) is 85.0 Å². The van der Waals surface area contributed by atoms with Crippen LogP contribution in [0.3, 0.4) is 0 Å². The molecule has 1 atom stereocenters. The van der Waals surface area contributed by atoms with Gasteiger partial charge in [-0.3, -0.25) is 0 Å². The summed E-state index contributed by atoms with van der Waals surface area (Å²) in [6.45, 7) is 8.36. The number of hydrogen-bond acceptors (Lipinski definition) is 2. The lowest BCUT2D eigenvalue weighted by atomic mass is 10.1. The molecule has 0 bridgehead atoms. The van der Waals surface area contributed by atoms with Gasteiger partial charge in [0, 0.05) is 13.2 Å². The van der Waals surface area contributed by atoms with Crippen molar-refractivity contribution >= 4 is 18.9 Å². The van der Waals surface area contributed by atoms with E-state index >= 15 is 0 Å². The van der Waals surface area contributed by atoms with E-state index in [1.807, 2.05) is 0 Å². The predicted molar refractivity (Wildman–Crippen MR) is 136 cm³/mol. The zero-order valence-corrected chi connectivity index (χ0v) is 21.2. The molecular formula is C28H44O2Si. The standard InChI is InChI=1S/C28H44O2Si/c1-4-6-7-8-9-10-11-18-24-29-31(27-19-14-12-15-20-27,28-21-16-13-17-22-28)30-25-23-26(3)5-2/h12-17,19-22,26H,4-11,18,23-25H2,1-3H3. The second-order valence-electron chi connectivity index (χ2n) is 8.82. The van der Waals surface area contributed by atoms with Crippen LogP contribution in [0.15, 0.2) is 60.7 Å². The lowest BCUT2D eigenvalue weighted by Gasteiger charge is -2.32. The Balaban J connectivity index is 2.05. The summed E-state index contributed by atoms with van der Waals surface area (Å²) in [6, 6.07) is 21.3. The number of hydrogen-bond donors (Lipinski definition) is 0. The Morgan fingerprint density at radius 3 is 1.65 bits per heavy atom. The van der Waals surface area contributed by atoms with Gasteiger partial charge in [0.25, 0.3) is 0 Å². The monoisotopic (exact) mass is 440 g/mol. The zero-order valence-electron chi connectivity index (χ0n) is 20.2. The largest absolute Gasteiger partial charge is 0.407 e. The highest BCUT2D eigenvalue weighted by Gasteiger charge is 2.42. The van der Waals surface area contributed by atoms with Crippen molar-refractivity contribution < 1.29 is 8.85 Å². The van der Waals surface area contributed by atoms with Gasteiger partial charge in [0.2, 0.25) is 0 Å². The Labute approximate surface area is 192 Å². The minimum absolute atomic E-state index is 0.672. The molecule has 31 heavy (non-hydrogen) atoms. The van der Waals surface area contributed by atoms with E-state index in [1.54, 1.807) is 0 Å². The van der Waals surface area contributed by atoms with Crippen LogP contribution in [0.1, 0.15) is 85.0 Å². The Hall–Kier alpha value is -1.42. The normalized spacial score (nSPS) is 12.7. The molecule has 0 saturated heterocycles. The molecule has 2 rings (SSSR count). The van der Waals surface area contributed by atoms with Crippen molar-refractivity contribution in [1.29, 1.82) is 0 Å². The SMILES string of the molecule is CCCCCCCCCCO[Si](OCCC(C)CC)(c1ccccc1)c1ccccc1. The number of unbranched alkanes of at least 4 members (excludes halogenated alkanes) is 7. The average molecular weight is 441 g/mol. The predicted octanol–water partition coefficient (Wildman–Crippen LogP) is 6.85. The molecule has 0 saturated carbocycles. The molecule has 0 heterocycles. The second kappa shape index (κ2) is 15.4. The molecule has 0 aromatic heterocycles. The maximum atomic E-state index is 6.78. The molecule has 1 unspecified atom stereocenters. The zero-order chi connectivity index (χ0) is 22.2. The molecule has 0 N–H and O–H groups in total. The summed E-state index contributed by atoms with van der Waals surface area (Å²) in [4.78, 5) is 0. The molecule has 0 fully saturated rings. The Morgan fingerprint density at radius 1 is 0.645 bits per heavy atom. The fraction of sp³-hybridized carbons (Fsp3) is 0.571. The molecule has 3 heteroatoms. The van der Waals surface area contributed by atoms with Gasteiger partial charge in [-0.1, -0.05) is 133 Å². The first-order valence-corrected chi connectivity index (χ1v) is 14.4. The first-order valence-electron chi connectivity index (χ1n) is 12.6. The third-order valence-corrected chi connectivity index (χ3v) is 9.63. The Morgan fingerprint density at radius 2 is 1.13 bits per heavy atom. The van der Waals surface area contributed by atoms with Crippen LogP contribution < -0.4 is 10.4 Å². The van der Waals surface area contributed by atoms with Crippen LogP contribution in [0.2, 0.25) is 0 Å². The Kier molecular flexibility index (Phi) is 12.8. The van der Waals surface area contributed by atoms with Gasteiger partial charge in [-0.15, -0.1) is 0 Å². The summed E-state index contributed by atoms with van der Waals surface area (Å²) in [5.74, 6) is 0.672. The summed E-state index contributed by atoms with van der Waals surface area (Å²) < 4.78 is 13.5. The lowest BCUT2D eigenvalue weighted by Crippen LogP contribution is -2.63. The topological polar surface area (TPSA) is 18.5 Å². The van der Waals surface area contributed by atoms with Crippen molar-refractivity contribution in [1.82, 2.24) is 0 Å². The minimum atomic E-state index is -2.71. The van der Waals surface area contributed by atoms with E-state index in [1.165, 1.54) is 61.7 Å². The number of rotatable bonds is 17. The van der Waals surface area contributed by atoms with Gasteiger partial charge in [-0.05, 0) is 29.1 Å². The Bertz CT molecular complexity index is 634. The van der Waals surface area contributed by atoms with E-state index in [0.717, 1.165) is 26.1 Å². The smallest absolute Gasteiger partial charge is 0.388 e. The molecule has 0 aliphatic carbocycles. The highest BCUT2D eigenvalue weighted by molar-refractivity contribution is 6.92. The lowest BCUT2D eigenvalue weighted by molar-refractivity contribution is 0.178. The van der Waals surface area contributed by atoms with Crippen molar-refractivity contribution in [2.75, 3.05) is 13.2 Å². The summed E-state index contributed by atoms with van der Waals surface area (Å²) in [5, 5.41) is 2.43. The fourth-order valence-electron chi connectivity index (χ4n) is 3.92. The fourth-order valence-corrected chi connectivity index (χ4v) is 7.10. The van der Waals surface area contributed by atoms with E-state index in [4.69, 9.17) is 8.85 Å². The van der Waals surface area contributed by atoms with Crippen molar-refractivity contribution in [3.63, 3.8) is 0 Å². The van der Waals surface area contributed by atoms with Gasteiger partial charge < -0.3 is 8.85 Å². The van der Waals surface area contributed by atoms with Crippen LogP contribution in [-0.2, 0) is 8.85 Å². The molecule has 2 aromatic rings. The van der Waals surface area contributed by atoms with Gasteiger partial charge >= 0.3 is 8.56 Å². The summed E-state index contributed by atoms with van der Waals surface area (Å²) in [5.41, 5.74) is 0. The van der Waals surface area contributed by atoms with Gasteiger partial charge in [0.05, 0.1) is 0 Å². The molecular weight excluding hydrogens is 396 g/mol. The van der Waals surface area contributed by atoms with Crippen molar-refractivity contribution in [2.24, 2.45) is 5.92 Å². The van der Waals surface area contributed by atoms with Crippen LogP contribution >= 0.6 is 0 Å². The number of benzene rings is 2. The second-order valence-corrected chi connectivity index (χ2v) is 11.8. The van der Waals surface area contributed by atoms with Crippen molar-refractivity contribution in [3.8, 4) is 0 Å². The molecule has 0 amide bonds. The molecule has 0 spiro atoms. The van der Waals surface area contributed by atoms with E-state index in [0.29, 0.717) is 5.92 Å². The van der Waals surface area contributed by atoms with E-state index in [9.17, 15) is 0 Å². The molecule has 2 aromatic carbocycles. The minimum Gasteiger partial charge on any atom is -0.388 e. The molecule has 0 aliphatic heterocycles. The highest BCUT2D eigenvalue weighted by atomic mass is 28.4. The van der Waals surface area contributed by atoms with Crippen molar-refractivity contribution in [3.05, 3.63) is 60.7 Å². The van der Waals surface area contributed by atoms with Gasteiger partial charge in [-0.2, -0.15) is 0 Å². The average Bonchev–Trinajstić information content (AvgIpc) is 2.83. The van der Waals surface area contributed by atoms with E-state index in [-0.39, 0.29) is 0 Å². The molecule has 172 valence electrons. The quantitative estimate of drug-likeness (QED) is 0.198. The first-order chi connectivity index (χ1) is 15.2. The first kappa shape index (κ1) is 25.8. The summed E-state index contributed by atoms with van der Waals surface area (Å²) in [7, 11) is -2.71. The molecule has 2 nitrogen and oxygen atoms in total. The summed E-state index contributed by atoms with van der Waals surface area (Å²) in [6.07, 6.45) is 12.7. The molecule has 0 aliphatic rings. The highest BCUT2D eigenvalue weighted by Crippen LogP contribution is 2.15. The van der Waals surface area contributed by atoms with Crippen LogP contribution in [0, 0.1) is 5.92 Å². The third-order valence-electron chi connectivity index (χ3n) is 6.22. The maximum absolute atomic E-state index is 6.78. The van der Waals surface area contributed by atoms with Crippen LogP contribution in [0.4, 0.5) is 0 Å². The third kappa shape index (κ3) is 8.92. The van der Waals surface area contributed by atoms with Crippen LogP contribution in [-0.4, -0.2) is 21.8 Å². The van der Waals surface area contributed by atoms with Crippen LogP contribution in [0.5, 0.6) is 0 Å². The maximum Gasteiger partial charge on any atom is 0.407 e. The van der Waals surface area contributed by atoms with E-state index < -0.39 is 8.56 Å². The van der Waals surface area contributed by atoms with Gasteiger partial charge in [-0.25, -0.2) is 0 Å². The van der Waals surface area contributed by atoms with Crippen LogP contribution in [0.25, 0.3) is 0 Å². The summed E-state index contributed by atoms with van der Waals surface area (Å²) >= 11 is 0.